The molecule has 0 unspecified atom stereocenters. The molecule has 2 amide bonds. The lowest BCUT2D eigenvalue weighted by atomic mass is 9.89. The fourth-order valence-electron chi connectivity index (χ4n) is 3.13. The van der Waals surface area contributed by atoms with Crippen molar-refractivity contribution in [1.82, 2.24) is 4.90 Å². The van der Waals surface area contributed by atoms with Crippen LogP contribution in [0, 0.1) is 12.7 Å². The molecule has 3 rings (SSSR count). The van der Waals surface area contributed by atoms with Gasteiger partial charge in [0, 0.05) is 18.7 Å². The molecule has 6 heteroatoms. The van der Waals surface area contributed by atoms with Crippen molar-refractivity contribution in [1.29, 1.82) is 0 Å². The van der Waals surface area contributed by atoms with Crippen LogP contribution in [0.1, 0.15) is 16.7 Å². The molecule has 1 aliphatic rings. The summed E-state index contributed by atoms with van der Waals surface area (Å²) in [4.78, 5) is 17.3. The van der Waals surface area contributed by atoms with E-state index in [9.17, 15) is 9.18 Å². The Morgan fingerprint density at radius 1 is 1.21 bits per heavy atom. The normalized spacial score (nSPS) is 13.3. The third kappa shape index (κ3) is 2.95. The number of nitrogens with zero attached hydrogens (tertiary/aromatic N) is 2. The molecule has 0 saturated carbocycles. The molecule has 4 N–H and O–H groups in total. The van der Waals surface area contributed by atoms with Crippen molar-refractivity contribution in [2.75, 3.05) is 6.54 Å². The van der Waals surface area contributed by atoms with Crippen molar-refractivity contribution < 1.29 is 9.18 Å². The number of fused-ring (bicyclic) bond motifs is 1. The van der Waals surface area contributed by atoms with Crippen LogP contribution >= 0.6 is 0 Å². The molecule has 0 aromatic heterocycles. The molecular formula is C18H19FN4O. The quantitative estimate of drug-likeness (QED) is 0.624. The highest BCUT2D eigenvalue weighted by Crippen LogP contribution is 2.34. The second kappa shape index (κ2) is 6.31. The van der Waals surface area contributed by atoms with Crippen LogP contribution in [-0.4, -0.2) is 23.4 Å². The highest BCUT2D eigenvalue weighted by atomic mass is 19.1. The zero-order chi connectivity index (χ0) is 17.3. The zero-order valence-electron chi connectivity index (χ0n) is 13.4. The van der Waals surface area contributed by atoms with Crippen LogP contribution in [0.25, 0.3) is 11.1 Å². The first-order chi connectivity index (χ1) is 11.5. The second-order valence-corrected chi connectivity index (χ2v) is 5.87. The number of amides is 2. The third-order valence-electron chi connectivity index (χ3n) is 4.26. The molecule has 2 aromatic carbocycles. The van der Waals surface area contributed by atoms with Crippen LogP contribution < -0.4 is 11.5 Å². The Bertz CT molecular complexity index is 808. The molecule has 2 aromatic rings. The van der Waals surface area contributed by atoms with Crippen LogP contribution in [0.15, 0.2) is 41.4 Å². The third-order valence-corrected chi connectivity index (χ3v) is 4.26. The van der Waals surface area contributed by atoms with Crippen molar-refractivity contribution in [3.05, 3.63) is 58.9 Å². The number of carbonyl (C=O) groups is 1. The Hall–Kier alpha value is -2.89. The van der Waals surface area contributed by atoms with Gasteiger partial charge in [0.1, 0.15) is 5.82 Å². The highest BCUT2D eigenvalue weighted by molar-refractivity contribution is 5.90. The topological polar surface area (TPSA) is 84.7 Å². The van der Waals surface area contributed by atoms with Crippen molar-refractivity contribution in [2.24, 2.45) is 16.5 Å². The minimum atomic E-state index is -0.472. The van der Waals surface area contributed by atoms with E-state index < -0.39 is 6.03 Å². The lowest BCUT2D eigenvalue weighted by Gasteiger charge is -2.29. The van der Waals surface area contributed by atoms with Gasteiger partial charge in [0.25, 0.3) is 0 Å². The molecule has 0 bridgehead atoms. The monoisotopic (exact) mass is 326 g/mol. The summed E-state index contributed by atoms with van der Waals surface area (Å²) < 4.78 is 14.4. The summed E-state index contributed by atoms with van der Waals surface area (Å²) in [6, 6.07) is 10.4. The van der Waals surface area contributed by atoms with Gasteiger partial charge in [0.2, 0.25) is 0 Å². The maximum atomic E-state index is 14.4. The van der Waals surface area contributed by atoms with Crippen molar-refractivity contribution >= 4 is 12.0 Å². The van der Waals surface area contributed by atoms with E-state index in [1.165, 1.54) is 6.07 Å². The molecule has 0 atom stereocenters. The van der Waals surface area contributed by atoms with Gasteiger partial charge < -0.3 is 16.4 Å². The Kier molecular flexibility index (Phi) is 4.20. The van der Waals surface area contributed by atoms with Crippen molar-refractivity contribution in [3.63, 3.8) is 0 Å². The summed E-state index contributed by atoms with van der Waals surface area (Å²) in [5.41, 5.74) is 14.9. The number of aryl methyl sites for hydroxylation is 1. The first-order valence-corrected chi connectivity index (χ1v) is 7.72. The van der Waals surface area contributed by atoms with E-state index >= 15 is 0 Å². The summed E-state index contributed by atoms with van der Waals surface area (Å²) in [5, 5.41) is 0. The Balaban J connectivity index is 2.05. The predicted octanol–water partition coefficient (Wildman–Crippen LogP) is 2.55. The lowest BCUT2D eigenvalue weighted by molar-refractivity contribution is 0.203. The molecule has 1 heterocycles. The van der Waals surface area contributed by atoms with E-state index in [0.29, 0.717) is 25.1 Å². The number of aliphatic imine (C=N–C) groups is 1. The summed E-state index contributed by atoms with van der Waals surface area (Å²) in [7, 11) is 0. The van der Waals surface area contributed by atoms with Crippen LogP contribution in [0.5, 0.6) is 0 Å². The van der Waals surface area contributed by atoms with Gasteiger partial charge in [-0.05, 0) is 41.7 Å². The van der Waals surface area contributed by atoms with E-state index in [2.05, 4.69) is 4.99 Å². The molecule has 5 nitrogen and oxygen atoms in total. The number of rotatable bonds is 1. The standard InChI is InChI=1S/C18H19FN4O/c1-11-4-2-7-15(19)16(11)13-6-3-5-12-8-9-23(10-14(12)13)18(24)22-17(20)21/h2-7H,8-10H2,1H3,(H4,20,21,22,24). The van der Waals surface area contributed by atoms with Gasteiger partial charge in [-0.2, -0.15) is 4.99 Å². The van der Waals surface area contributed by atoms with Crippen LogP contribution in [0.2, 0.25) is 0 Å². The summed E-state index contributed by atoms with van der Waals surface area (Å²) in [6.07, 6.45) is 0.683. The lowest BCUT2D eigenvalue weighted by Crippen LogP contribution is -2.36. The minimum Gasteiger partial charge on any atom is -0.370 e. The van der Waals surface area contributed by atoms with Crippen molar-refractivity contribution in [2.45, 2.75) is 19.9 Å². The molecule has 0 saturated heterocycles. The van der Waals surface area contributed by atoms with Crippen LogP contribution in [0.4, 0.5) is 9.18 Å². The summed E-state index contributed by atoms with van der Waals surface area (Å²) in [5.74, 6) is -0.528. The largest absolute Gasteiger partial charge is 0.370 e. The average molecular weight is 326 g/mol. The minimum absolute atomic E-state index is 0.260. The van der Waals surface area contributed by atoms with Gasteiger partial charge in [0.05, 0.1) is 0 Å². The molecule has 124 valence electrons. The number of nitrogens with two attached hydrogens (primary N) is 2. The zero-order valence-corrected chi connectivity index (χ0v) is 13.4. The molecule has 0 aliphatic carbocycles. The van der Waals surface area contributed by atoms with E-state index in [0.717, 1.165) is 22.3 Å². The molecule has 0 fully saturated rings. The average Bonchev–Trinajstić information content (AvgIpc) is 2.53. The summed E-state index contributed by atoms with van der Waals surface area (Å²) >= 11 is 0. The maximum absolute atomic E-state index is 14.4. The van der Waals surface area contributed by atoms with Gasteiger partial charge in [-0.25, -0.2) is 9.18 Å². The first-order valence-electron chi connectivity index (χ1n) is 7.72. The van der Waals surface area contributed by atoms with E-state index in [4.69, 9.17) is 11.5 Å². The smallest absolute Gasteiger partial charge is 0.347 e. The Labute approximate surface area is 139 Å². The van der Waals surface area contributed by atoms with Crippen LogP contribution in [-0.2, 0) is 13.0 Å². The molecular weight excluding hydrogens is 307 g/mol. The number of halogens is 1. The SMILES string of the molecule is Cc1cccc(F)c1-c1cccc2c1CN(C(=O)N=C(N)N)CC2. The van der Waals surface area contributed by atoms with Crippen LogP contribution in [0.3, 0.4) is 0 Å². The Morgan fingerprint density at radius 2 is 1.96 bits per heavy atom. The molecule has 0 spiro atoms. The van der Waals surface area contributed by atoms with Gasteiger partial charge in [-0.3, -0.25) is 0 Å². The van der Waals surface area contributed by atoms with E-state index in [1.807, 2.05) is 31.2 Å². The fraction of sp³-hybridized carbons (Fsp3) is 0.222. The van der Waals surface area contributed by atoms with Gasteiger partial charge >= 0.3 is 6.03 Å². The fourth-order valence-corrected chi connectivity index (χ4v) is 3.13. The number of carbonyl (C=O) groups excluding carboxylic acids is 1. The number of guanidine groups is 1. The number of hydrogen-bond donors (Lipinski definition) is 2. The predicted molar refractivity (Wildman–Crippen MR) is 91.9 cm³/mol. The molecule has 1 aliphatic heterocycles. The second-order valence-electron chi connectivity index (χ2n) is 5.87. The van der Waals surface area contributed by atoms with Gasteiger partial charge in [0.15, 0.2) is 5.96 Å². The van der Waals surface area contributed by atoms with Gasteiger partial charge in [-0.1, -0.05) is 30.3 Å². The van der Waals surface area contributed by atoms with Crippen molar-refractivity contribution in [3.8, 4) is 11.1 Å². The maximum Gasteiger partial charge on any atom is 0.347 e. The van der Waals surface area contributed by atoms with E-state index in [-0.39, 0.29) is 11.8 Å². The number of urea groups is 1. The number of hydrogen-bond acceptors (Lipinski definition) is 1. The van der Waals surface area contributed by atoms with E-state index in [1.54, 1.807) is 11.0 Å². The number of benzene rings is 2. The molecule has 0 radical (unpaired) electrons. The first kappa shape index (κ1) is 16.0. The van der Waals surface area contributed by atoms with Gasteiger partial charge in [-0.15, -0.1) is 0 Å². The summed E-state index contributed by atoms with van der Waals surface area (Å²) in [6.45, 7) is 2.76. The Morgan fingerprint density at radius 3 is 2.67 bits per heavy atom. The molecule has 24 heavy (non-hydrogen) atoms. The highest BCUT2D eigenvalue weighted by Gasteiger charge is 2.24.